The molecule has 0 saturated carbocycles. The third kappa shape index (κ3) is 5.29. The van der Waals surface area contributed by atoms with E-state index in [1.54, 1.807) is 11.8 Å². The molecule has 128 valence electrons. The van der Waals surface area contributed by atoms with Crippen molar-refractivity contribution in [3.8, 4) is 0 Å². The lowest BCUT2D eigenvalue weighted by Gasteiger charge is -2.02. The number of anilines is 1. The molecule has 1 aromatic heterocycles. The molecule has 0 fully saturated rings. The summed E-state index contributed by atoms with van der Waals surface area (Å²) in [6.07, 6.45) is 0. The number of carbonyl (C=O) groups is 1. The fourth-order valence-electron chi connectivity index (χ4n) is 2.06. The van der Waals surface area contributed by atoms with Crippen LogP contribution in [0.4, 0.5) is 5.13 Å². The Kier molecular flexibility index (Phi) is 6.07. The molecule has 1 N–H and O–H groups in total. The van der Waals surface area contributed by atoms with Gasteiger partial charge in [0, 0.05) is 16.3 Å². The SMILES string of the molecule is Cc1ccc(C(=O)CNc2nnc(SCc3ccc(Cl)cc3)s2)cc1. The van der Waals surface area contributed by atoms with Gasteiger partial charge in [0.05, 0.1) is 6.54 Å². The number of thioether (sulfide) groups is 1. The highest BCUT2D eigenvalue weighted by Gasteiger charge is 2.09. The molecule has 0 aliphatic rings. The fourth-order valence-corrected chi connectivity index (χ4v) is 3.89. The molecule has 3 aromatic rings. The predicted octanol–water partition coefficient (Wildman–Crippen LogP) is 5.09. The summed E-state index contributed by atoms with van der Waals surface area (Å²) >= 11 is 8.94. The van der Waals surface area contributed by atoms with Crippen LogP contribution in [0.3, 0.4) is 0 Å². The van der Waals surface area contributed by atoms with Crippen molar-refractivity contribution in [1.29, 1.82) is 0 Å². The molecule has 0 bridgehead atoms. The molecule has 7 heteroatoms. The van der Waals surface area contributed by atoms with Gasteiger partial charge in [-0.1, -0.05) is 76.7 Å². The Hall–Kier alpha value is -1.89. The van der Waals surface area contributed by atoms with Crippen molar-refractivity contribution in [1.82, 2.24) is 10.2 Å². The third-order valence-electron chi connectivity index (χ3n) is 3.46. The number of carbonyl (C=O) groups excluding carboxylic acids is 1. The second-order valence-corrected chi connectivity index (χ2v) is 8.07. The largest absolute Gasteiger partial charge is 0.353 e. The minimum absolute atomic E-state index is 0.0329. The summed E-state index contributed by atoms with van der Waals surface area (Å²) in [5.41, 5.74) is 3.00. The van der Waals surface area contributed by atoms with Crippen molar-refractivity contribution < 1.29 is 4.79 Å². The van der Waals surface area contributed by atoms with Crippen molar-refractivity contribution in [3.05, 3.63) is 70.2 Å². The molecule has 3 rings (SSSR count). The summed E-state index contributed by atoms with van der Waals surface area (Å²) in [6.45, 7) is 2.20. The molecule has 2 aromatic carbocycles. The van der Waals surface area contributed by atoms with E-state index in [4.69, 9.17) is 11.6 Å². The first kappa shape index (κ1) is 17.9. The number of hydrogen-bond acceptors (Lipinski definition) is 6. The molecule has 0 aliphatic carbocycles. The van der Waals surface area contributed by atoms with Crippen molar-refractivity contribution in [2.45, 2.75) is 17.0 Å². The lowest BCUT2D eigenvalue weighted by atomic mass is 10.1. The summed E-state index contributed by atoms with van der Waals surface area (Å²) in [6, 6.07) is 15.3. The van der Waals surface area contributed by atoms with Gasteiger partial charge in [-0.25, -0.2) is 0 Å². The highest BCUT2D eigenvalue weighted by atomic mass is 35.5. The van der Waals surface area contributed by atoms with Gasteiger partial charge in [0.15, 0.2) is 10.1 Å². The van der Waals surface area contributed by atoms with Gasteiger partial charge in [-0.2, -0.15) is 0 Å². The van der Waals surface area contributed by atoms with Crippen LogP contribution in [0.15, 0.2) is 52.9 Å². The van der Waals surface area contributed by atoms with Gasteiger partial charge >= 0.3 is 0 Å². The minimum atomic E-state index is 0.0329. The van der Waals surface area contributed by atoms with Gasteiger partial charge < -0.3 is 5.32 Å². The van der Waals surface area contributed by atoms with Gasteiger partial charge in [0.2, 0.25) is 5.13 Å². The van der Waals surface area contributed by atoms with E-state index in [1.165, 1.54) is 16.9 Å². The monoisotopic (exact) mass is 389 g/mol. The Morgan fingerprint density at radius 1 is 1.12 bits per heavy atom. The lowest BCUT2D eigenvalue weighted by Crippen LogP contribution is -2.13. The summed E-state index contributed by atoms with van der Waals surface area (Å²) in [4.78, 5) is 12.2. The molecule has 0 atom stereocenters. The van der Waals surface area contributed by atoms with E-state index in [0.29, 0.717) is 10.7 Å². The van der Waals surface area contributed by atoms with E-state index >= 15 is 0 Å². The second-order valence-electron chi connectivity index (χ2n) is 5.43. The molecule has 0 saturated heterocycles. The van der Waals surface area contributed by atoms with E-state index < -0.39 is 0 Å². The molecule has 0 radical (unpaired) electrons. The Morgan fingerprint density at radius 3 is 2.56 bits per heavy atom. The number of nitrogens with zero attached hydrogens (tertiary/aromatic N) is 2. The molecule has 25 heavy (non-hydrogen) atoms. The maximum absolute atomic E-state index is 12.2. The first-order valence-electron chi connectivity index (χ1n) is 7.64. The Morgan fingerprint density at radius 2 is 1.84 bits per heavy atom. The zero-order chi connectivity index (χ0) is 17.6. The number of Topliss-reactive ketones (excluding diaryl/α,β-unsaturated/α-hetero) is 1. The van der Waals surface area contributed by atoms with Crippen LogP contribution in [0.25, 0.3) is 0 Å². The molecule has 0 aliphatic heterocycles. The van der Waals surface area contributed by atoms with Crippen LogP contribution in [-0.2, 0) is 5.75 Å². The number of rotatable bonds is 7. The molecular weight excluding hydrogens is 374 g/mol. The number of aryl methyl sites for hydroxylation is 1. The van der Waals surface area contributed by atoms with Gasteiger partial charge in [0.1, 0.15) is 0 Å². The molecular formula is C18H16ClN3OS2. The summed E-state index contributed by atoms with van der Waals surface area (Å²) in [5, 5.41) is 12.7. The van der Waals surface area contributed by atoms with Crippen LogP contribution >= 0.6 is 34.7 Å². The second kappa shape index (κ2) is 8.47. The lowest BCUT2D eigenvalue weighted by molar-refractivity contribution is 0.101. The highest BCUT2D eigenvalue weighted by Crippen LogP contribution is 2.28. The first-order valence-corrected chi connectivity index (χ1v) is 9.82. The van der Waals surface area contributed by atoms with Crippen molar-refractivity contribution in [2.75, 3.05) is 11.9 Å². The third-order valence-corrected chi connectivity index (χ3v) is 5.79. The van der Waals surface area contributed by atoms with Crippen LogP contribution in [-0.4, -0.2) is 22.5 Å². The number of hydrogen-bond donors (Lipinski definition) is 1. The first-order chi connectivity index (χ1) is 12.1. The minimum Gasteiger partial charge on any atom is -0.353 e. The Balaban J connectivity index is 1.50. The van der Waals surface area contributed by atoms with E-state index in [1.807, 2.05) is 55.5 Å². The highest BCUT2D eigenvalue weighted by molar-refractivity contribution is 8.00. The predicted molar refractivity (Wildman–Crippen MR) is 105 cm³/mol. The maximum atomic E-state index is 12.2. The summed E-state index contributed by atoms with van der Waals surface area (Å²) < 4.78 is 0.861. The fraction of sp³-hybridized carbons (Fsp3) is 0.167. The average molecular weight is 390 g/mol. The van der Waals surface area contributed by atoms with E-state index in [2.05, 4.69) is 15.5 Å². The normalized spacial score (nSPS) is 10.6. The molecule has 4 nitrogen and oxygen atoms in total. The summed E-state index contributed by atoms with van der Waals surface area (Å²) in [5.74, 6) is 0.833. The van der Waals surface area contributed by atoms with E-state index in [-0.39, 0.29) is 12.3 Å². The molecule has 0 spiro atoms. The maximum Gasteiger partial charge on any atom is 0.206 e. The standard InChI is InChI=1S/C18H16ClN3OS2/c1-12-2-6-14(7-3-12)16(23)10-20-17-21-22-18(25-17)24-11-13-4-8-15(19)9-5-13/h2-9H,10-11H2,1H3,(H,20,21). The average Bonchev–Trinajstić information content (AvgIpc) is 3.08. The topological polar surface area (TPSA) is 54.9 Å². The number of aromatic nitrogens is 2. The van der Waals surface area contributed by atoms with Crippen LogP contribution in [0.1, 0.15) is 21.5 Å². The summed E-state index contributed by atoms with van der Waals surface area (Å²) in [7, 11) is 0. The van der Waals surface area contributed by atoms with Crippen LogP contribution in [0, 0.1) is 6.92 Å². The Bertz CT molecular complexity index is 848. The molecule has 0 unspecified atom stereocenters. The molecule has 0 amide bonds. The van der Waals surface area contributed by atoms with Crippen LogP contribution in [0.5, 0.6) is 0 Å². The van der Waals surface area contributed by atoms with E-state index in [9.17, 15) is 4.79 Å². The van der Waals surface area contributed by atoms with Crippen LogP contribution in [0.2, 0.25) is 5.02 Å². The van der Waals surface area contributed by atoms with Gasteiger partial charge in [0.25, 0.3) is 0 Å². The zero-order valence-electron chi connectivity index (χ0n) is 13.5. The van der Waals surface area contributed by atoms with Crippen LogP contribution < -0.4 is 5.32 Å². The number of benzene rings is 2. The number of halogens is 1. The Labute approximate surface area is 159 Å². The quantitative estimate of drug-likeness (QED) is 0.450. The smallest absolute Gasteiger partial charge is 0.206 e. The van der Waals surface area contributed by atoms with Crippen molar-refractivity contribution in [2.24, 2.45) is 0 Å². The van der Waals surface area contributed by atoms with Gasteiger partial charge in [-0.3, -0.25) is 4.79 Å². The van der Waals surface area contributed by atoms with Crippen molar-refractivity contribution >= 4 is 45.6 Å². The van der Waals surface area contributed by atoms with Gasteiger partial charge in [-0.05, 0) is 24.6 Å². The van der Waals surface area contributed by atoms with Crippen molar-refractivity contribution in [3.63, 3.8) is 0 Å². The number of nitrogens with one attached hydrogen (secondary N) is 1. The van der Waals surface area contributed by atoms with Gasteiger partial charge in [-0.15, -0.1) is 10.2 Å². The number of ketones is 1. The molecule has 1 heterocycles. The zero-order valence-corrected chi connectivity index (χ0v) is 15.9. The van der Waals surface area contributed by atoms with E-state index in [0.717, 1.165) is 20.7 Å².